The van der Waals surface area contributed by atoms with Gasteiger partial charge >= 0.3 is 0 Å². The summed E-state index contributed by atoms with van der Waals surface area (Å²) in [6.07, 6.45) is 1.23. The molecular weight excluding hydrogens is 207 g/mol. The van der Waals surface area contributed by atoms with Crippen molar-refractivity contribution in [3.63, 3.8) is 0 Å². The minimum absolute atomic E-state index is 0. The largest absolute Gasteiger partial charge is 0.361 e. The predicted octanol–water partition coefficient (Wildman–Crippen LogP) is -1.76. The maximum Gasteiger partial charge on any atom is 0.290 e. The topological polar surface area (TPSA) is 151 Å². The van der Waals surface area contributed by atoms with E-state index >= 15 is 0 Å². The van der Waals surface area contributed by atoms with Crippen molar-refractivity contribution in [3.05, 3.63) is 0 Å². The molecule has 0 rings (SSSR count). The van der Waals surface area contributed by atoms with Crippen molar-refractivity contribution in [3.8, 4) is 30.5 Å². The molecule has 0 aliphatic heterocycles. The monoisotopic (exact) mass is 209 g/mol. The van der Waals surface area contributed by atoms with Crippen LogP contribution >= 0.6 is 0 Å². The molecule has 0 aliphatic rings. The molecule has 0 aliphatic carbocycles. The van der Waals surface area contributed by atoms with E-state index in [1.807, 2.05) is 0 Å². The van der Waals surface area contributed by atoms with E-state index in [0.29, 0.717) is 0 Å². The summed E-state index contributed by atoms with van der Waals surface area (Å²) in [7, 11) is 0. The number of nitrogens with zero attached hydrogens (tertiary/aromatic N) is 5. The molecular formula is C7H2N6NaO. The number of aliphatic hydroxyl groups is 1. The molecule has 7 nitrogen and oxygen atoms in total. The third-order valence-corrected chi connectivity index (χ3v) is 1.45. The van der Waals surface area contributed by atoms with Crippen LogP contribution in [-0.4, -0.2) is 45.8 Å². The normalized spacial score (nSPS) is 8.80. The Morgan fingerprint density at radius 3 is 1.47 bits per heavy atom. The molecule has 0 saturated carbocycles. The van der Waals surface area contributed by atoms with E-state index < -0.39 is 11.1 Å². The molecule has 0 amide bonds. The first-order chi connectivity index (χ1) is 6.55. The van der Waals surface area contributed by atoms with Crippen molar-refractivity contribution >= 4 is 29.6 Å². The molecule has 67 valence electrons. The fourth-order valence-corrected chi connectivity index (χ4v) is 0.610. The molecule has 0 atom stereocenters. The second kappa shape index (κ2) is 5.84. The Labute approximate surface area is 108 Å². The van der Waals surface area contributed by atoms with Crippen molar-refractivity contribution in [1.29, 1.82) is 26.3 Å². The van der Waals surface area contributed by atoms with Crippen LogP contribution < -0.4 is 5.32 Å². The molecule has 2 N–H and O–H groups in total. The molecule has 0 aromatic heterocycles. The number of nitrogens with one attached hydrogen (secondary N) is 1. The summed E-state index contributed by atoms with van der Waals surface area (Å²) < 4.78 is 0. The van der Waals surface area contributed by atoms with Crippen LogP contribution in [0.25, 0.3) is 0 Å². The first kappa shape index (κ1) is 15.7. The van der Waals surface area contributed by atoms with Crippen molar-refractivity contribution in [1.82, 2.24) is 5.32 Å². The van der Waals surface area contributed by atoms with Crippen LogP contribution in [0.1, 0.15) is 0 Å². The maximum absolute atomic E-state index is 9.29. The van der Waals surface area contributed by atoms with E-state index in [-0.39, 0.29) is 29.6 Å². The Morgan fingerprint density at radius 2 is 1.27 bits per heavy atom. The van der Waals surface area contributed by atoms with Crippen molar-refractivity contribution in [2.75, 3.05) is 0 Å². The Morgan fingerprint density at radius 1 is 0.867 bits per heavy atom. The molecule has 1 radical (unpaired) electrons. The summed E-state index contributed by atoms with van der Waals surface area (Å²) in [6.45, 7) is 0. The van der Waals surface area contributed by atoms with Gasteiger partial charge in [0.25, 0.3) is 11.1 Å². The first-order valence-electron chi connectivity index (χ1n) is 3.09. The Bertz CT molecular complexity index is 411. The Balaban J connectivity index is 0. The SMILES string of the molecule is N#CNC(C#N)(C#N)C(O)(C#N)C#N.[Na]. The van der Waals surface area contributed by atoms with Crippen molar-refractivity contribution in [2.45, 2.75) is 11.1 Å². The van der Waals surface area contributed by atoms with E-state index in [2.05, 4.69) is 0 Å². The minimum atomic E-state index is -2.90. The zero-order valence-corrected chi connectivity index (χ0v) is 9.68. The summed E-state index contributed by atoms with van der Waals surface area (Å²) in [4.78, 5) is 0. The van der Waals surface area contributed by atoms with Gasteiger partial charge in [-0.2, -0.15) is 26.3 Å². The molecule has 0 bridgehead atoms. The number of hydrogen-bond donors (Lipinski definition) is 2. The van der Waals surface area contributed by atoms with Gasteiger partial charge in [0, 0.05) is 29.6 Å². The zero-order chi connectivity index (χ0) is 11.2. The van der Waals surface area contributed by atoms with Crippen molar-refractivity contribution in [2.24, 2.45) is 0 Å². The van der Waals surface area contributed by atoms with E-state index in [1.165, 1.54) is 18.3 Å². The van der Waals surface area contributed by atoms with E-state index in [9.17, 15) is 5.11 Å². The van der Waals surface area contributed by atoms with Crippen LogP contribution in [-0.2, 0) is 0 Å². The molecule has 0 fully saturated rings. The molecule has 0 aromatic carbocycles. The van der Waals surface area contributed by atoms with Gasteiger partial charge in [0.1, 0.15) is 24.3 Å². The third-order valence-electron chi connectivity index (χ3n) is 1.45. The zero-order valence-electron chi connectivity index (χ0n) is 7.68. The molecule has 8 heteroatoms. The van der Waals surface area contributed by atoms with E-state index in [4.69, 9.17) is 26.3 Å². The number of hydrogen-bond acceptors (Lipinski definition) is 7. The predicted molar refractivity (Wildman–Crippen MR) is 44.6 cm³/mol. The summed E-state index contributed by atoms with van der Waals surface area (Å²) in [5.41, 5.74) is -5.47. The van der Waals surface area contributed by atoms with E-state index in [1.54, 1.807) is 5.32 Å². The maximum atomic E-state index is 9.29. The summed E-state index contributed by atoms with van der Waals surface area (Å²) in [5.74, 6) is 0. The molecule has 0 unspecified atom stereocenters. The number of rotatable bonds is 2. The van der Waals surface area contributed by atoms with E-state index in [0.717, 1.165) is 12.1 Å². The van der Waals surface area contributed by atoms with Gasteiger partial charge in [-0.15, -0.1) is 0 Å². The smallest absolute Gasteiger partial charge is 0.290 e. The van der Waals surface area contributed by atoms with Gasteiger partial charge in [0.15, 0.2) is 6.19 Å². The van der Waals surface area contributed by atoms with Gasteiger partial charge in [0.2, 0.25) is 0 Å². The molecule has 0 heterocycles. The van der Waals surface area contributed by atoms with Gasteiger partial charge < -0.3 is 5.11 Å². The van der Waals surface area contributed by atoms with Crippen molar-refractivity contribution < 1.29 is 5.11 Å². The average Bonchev–Trinajstić information content (AvgIpc) is 2.24. The second-order valence-corrected chi connectivity index (χ2v) is 2.14. The van der Waals surface area contributed by atoms with Gasteiger partial charge in [-0.1, -0.05) is 0 Å². The molecule has 0 saturated heterocycles. The molecule has 0 aromatic rings. The van der Waals surface area contributed by atoms with Crippen LogP contribution in [0.2, 0.25) is 0 Å². The van der Waals surface area contributed by atoms with Crippen LogP contribution in [0.5, 0.6) is 0 Å². The quantitative estimate of drug-likeness (QED) is 0.236. The van der Waals surface area contributed by atoms with Crippen LogP contribution in [0.3, 0.4) is 0 Å². The third kappa shape index (κ3) is 2.36. The van der Waals surface area contributed by atoms with Crippen LogP contribution in [0, 0.1) is 56.8 Å². The average molecular weight is 209 g/mol. The Hall–Kier alpha value is -1.79. The van der Waals surface area contributed by atoms with Gasteiger partial charge in [-0.25, -0.2) is 0 Å². The van der Waals surface area contributed by atoms with Gasteiger partial charge in [-0.3, -0.25) is 5.32 Å². The summed E-state index contributed by atoms with van der Waals surface area (Å²) in [6, 6.07) is 4.62. The summed E-state index contributed by atoms with van der Waals surface area (Å²) >= 11 is 0. The molecule has 0 spiro atoms. The minimum Gasteiger partial charge on any atom is -0.361 e. The standard InChI is InChI=1S/C7H2N6O.Na/c8-1-6(2-9,13-5-12)7(14,3-10)4-11;/h13-14H;. The molecule has 15 heavy (non-hydrogen) atoms. The first-order valence-corrected chi connectivity index (χ1v) is 3.09. The van der Waals surface area contributed by atoms with Gasteiger partial charge in [0.05, 0.1) is 0 Å². The van der Waals surface area contributed by atoms with Crippen LogP contribution in [0.4, 0.5) is 0 Å². The van der Waals surface area contributed by atoms with Gasteiger partial charge in [-0.05, 0) is 0 Å². The summed E-state index contributed by atoms with van der Waals surface area (Å²) in [5, 5.41) is 53.1. The fraction of sp³-hybridized carbons (Fsp3) is 0.286. The second-order valence-electron chi connectivity index (χ2n) is 2.14. The fourth-order valence-electron chi connectivity index (χ4n) is 0.610. The Kier molecular flexibility index (Phi) is 6.10. The number of nitriles is 5. The van der Waals surface area contributed by atoms with Crippen LogP contribution in [0.15, 0.2) is 0 Å².